The van der Waals surface area contributed by atoms with Gasteiger partial charge in [-0.1, -0.05) is 0 Å². The van der Waals surface area contributed by atoms with Crippen LogP contribution in [0.2, 0.25) is 0 Å². The molecule has 0 aliphatic heterocycles. The number of amides is 2. The lowest BCUT2D eigenvalue weighted by Crippen LogP contribution is -2.40. The van der Waals surface area contributed by atoms with Gasteiger partial charge >= 0.3 is 6.09 Å². The summed E-state index contributed by atoms with van der Waals surface area (Å²) in [5, 5.41) is 15.2. The van der Waals surface area contributed by atoms with Crippen LogP contribution in [-0.2, 0) is 9.53 Å². The van der Waals surface area contributed by atoms with Crippen LogP contribution < -0.4 is 10.6 Å². The van der Waals surface area contributed by atoms with Gasteiger partial charge in [-0.25, -0.2) is 4.79 Å². The van der Waals surface area contributed by atoms with Crippen molar-refractivity contribution in [3.8, 4) is 0 Å². The van der Waals surface area contributed by atoms with Gasteiger partial charge in [-0.2, -0.15) is 0 Å². The minimum atomic E-state index is -0.521. The van der Waals surface area contributed by atoms with Crippen LogP contribution in [0.3, 0.4) is 0 Å². The second-order valence-corrected chi connectivity index (χ2v) is 7.16. The second kappa shape index (κ2) is 8.36. The van der Waals surface area contributed by atoms with E-state index in [0.717, 1.165) is 25.7 Å². The van der Waals surface area contributed by atoms with Gasteiger partial charge in [-0.05, 0) is 59.8 Å². The van der Waals surface area contributed by atoms with Gasteiger partial charge in [0.05, 0.1) is 6.10 Å². The highest BCUT2D eigenvalue weighted by atomic mass is 16.6. The van der Waals surface area contributed by atoms with Crippen molar-refractivity contribution in [2.24, 2.45) is 0 Å². The Bertz CT molecular complexity index is 371. The Labute approximate surface area is 133 Å². The first-order chi connectivity index (χ1) is 10.2. The minimum Gasteiger partial charge on any atom is -0.444 e. The van der Waals surface area contributed by atoms with Gasteiger partial charge in [0.15, 0.2) is 0 Å². The average molecular weight is 314 g/mol. The standard InChI is InChI=1S/C16H30N2O4/c1-11(17-15(21)22-16(2,3)4)5-10-14(20)18-12-6-8-13(19)9-7-12/h11-13,19H,5-10H2,1-4H3,(H,17,21)(H,18,20)/t11-,12?,13?/m1/s1. The molecule has 0 bridgehead atoms. The molecule has 3 N–H and O–H groups in total. The molecule has 0 heterocycles. The van der Waals surface area contributed by atoms with Crippen molar-refractivity contribution in [2.75, 3.05) is 0 Å². The summed E-state index contributed by atoms with van der Waals surface area (Å²) in [5.74, 6) is -0.000714. The smallest absolute Gasteiger partial charge is 0.407 e. The summed E-state index contributed by atoms with van der Waals surface area (Å²) in [7, 11) is 0. The zero-order valence-corrected chi connectivity index (χ0v) is 14.1. The van der Waals surface area contributed by atoms with Gasteiger partial charge in [-0.15, -0.1) is 0 Å². The molecule has 2 amide bonds. The lowest BCUT2D eigenvalue weighted by Gasteiger charge is -2.26. The van der Waals surface area contributed by atoms with Gasteiger partial charge in [0, 0.05) is 18.5 Å². The van der Waals surface area contributed by atoms with E-state index in [-0.39, 0.29) is 24.1 Å². The van der Waals surface area contributed by atoms with E-state index in [2.05, 4.69) is 10.6 Å². The Kier molecular flexibility index (Phi) is 7.13. The Morgan fingerprint density at radius 2 is 1.82 bits per heavy atom. The molecule has 0 spiro atoms. The molecule has 0 aromatic rings. The summed E-state index contributed by atoms with van der Waals surface area (Å²) < 4.78 is 5.17. The van der Waals surface area contributed by atoms with E-state index >= 15 is 0 Å². The van der Waals surface area contributed by atoms with Gasteiger partial charge in [0.2, 0.25) is 5.91 Å². The molecule has 0 saturated heterocycles. The number of carbonyl (C=O) groups excluding carboxylic acids is 2. The molecule has 0 aromatic heterocycles. The quantitative estimate of drug-likeness (QED) is 0.725. The van der Waals surface area contributed by atoms with Crippen LogP contribution in [0.15, 0.2) is 0 Å². The topological polar surface area (TPSA) is 87.7 Å². The molecule has 0 radical (unpaired) electrons. The molecule has 22 heavy (non-hydrogen) atoms. The molecule has 6 heteroatoms. The highest BCUT2D eigenvalue weighted by Crippen LogP contribution is 2.18. The average Bonchev–Trinajstić information content (AvgIpc) is 2.37. The van der Waals surface area contributed by atoms with E-state index in [9.17, 15) is 14.7 Å². The highest BCUT2D eigenvalue weighted by Gasteiger charge is 2.21. The first-order valence-corrected chi connectivity index (χ1v) is 8.12. The van der Waals surface area contributed by atoms with Crippen molar-refractivity contribution in [1.82, 2.24) is 10.6 Å². The fraction of sp³-hybridized carbons (Fsp3) is 0.875. The molecule has 1 fully saturated rings. The molecule has 0 aromatic carbocycles. The normalized spacial score (nSPS) is 23.5. The van der Waals surface area contributed by atoms with Crippen LogP contribution in [0.25, 0.3) is 0 Å². The molecule has 1 rings (SSSR count). The number of hydrogen-bond acceptors (Lipinski definition) is 4. The van der Waals surface area contributed by atoms with Crippen molar-refractivity contribution in [1.29, 1.82) is 0 Å². The number of ether oxygens (including phenoxy) is 1. The number of carbonyl (C=O) groups is 2. The van der Waals surface area contributed by atoms with Crippen LogP contribution in [0.4, 0.5) is 4.79 Å². The third-order valence-corrected chi connectivity index (χ3v) is 3.63. The monoisotopic (exact) mass is 314 g/mol. The fourth-order valence-electron chi connectivity index (χ4n) is 2.45. The summed E-state index contributed by atoms with van der Waals surface area (Å²) in [6.07, 6.45) is 3.43. The summed E-state index contributed by atoms with van der Waals surface area (Å²) >= 11 is 0. The molecule has 128 valence electrons. The Morgan fingerprint density at radius 3 is 2.36 bits per heavy atom. The van der Waals surface area contributed by atoms with E-state index in [1.165, 1.54) is 0 Å². The lowest BCUT2D eigenvalue weighted by atomic mass is 9.93. The molecular formula is C16H30N2O4. The van der Waals surface area contributed by atoms with Crippen LogP contribution >= 0.6 is 0 Å². The van der Waals surface area contributed by atoms with Gasteiger partial charge in [-0.3, -0.25) is 4.79 Å². The highest BCUT2D eigenvalue weighted by molar-refractivity contribution is 5.76. The van der Waals surface area contributed by atoms with Crippen molar-refractivity contribution in [3.05, 3.63) is 0 Å². The van der Waals surface area contributed by atoms with E-state index < -0.39 is 11.7 Å². The predicted molar refractivity (Wildman–Crippen MR) is 84.5 cm³/mol. The number of rotatable bonds is 5. The van der Waals surface area contributed by atoms with Crippen LogP contribution in [0.1, 0.15) is 66.2 Å². The third-order valence-electron chi connectivity index (χ3n) is 3.63. The molecule has 0 unspecified atom stereocenters. The Morgan fingerprint density at radius 1 is 1.23 bits per heavy atom. The van der Waals surface area contributed by atoms with Gasteiger partial charge < -0.3 is 20.5 Å². The number of aliphatic hydroxyl groups excluding tert-OH is 1. The SMILES string of the molecule is C[C@H](CCC(=O)NC1CCC(O)CC1)NC(=O)OC(C)(C)C. The first-order valence-electron chi connectivity index (χ1n) is 8.12. The van der Waals surface area contributed by atoms with E-state index in [1.807, 2.05) is 27.7 Å². The Balaban J connectivity index is 2.19. The van der Waals surface area contributed by atoms with Crippen LogP contribution in [0.5, 0.6) is 0 Å². The van der Waals surface area contributed by atoms with Gasteiger partial charge in [0.1, 0.15) is 5.60 Å². The maximum Gasteiger partial charge on any atom is 0.407 e. The second-order valence-electron chi connectivity index (χ2n) is 7.16. The maximum atomic E-state index is 11.9. The lowest BCUT2D eigenvalue weighted by molar-refractivity contribution is -0.122. The molecule has 1 aliphatic rings. The first kappa shape index (κ1) is 18.7. The minimum absolute atomic E-state index is 0.000714. The third kappa shape index (κ3) is 8.22. The summed E-state index contributed by atoms with van der Waals surface area (Å²) in [6, 6.07) is 0.0544. The van der Waals surface area contributed by atoms with E-state index in [0.29, 0.717) is 12.8 Å². The molecule has 6 nitrogen and oxygen atoms in total. The maximum absolute atomic E-state index is 11.9. The Hall–Kier alpha value is -1.30. The number of alkyl carbamates (subject to hydrolysis) is 1. The number of nitrogens with one attached hydrogen (secondary N) is 2. The largest absolute Gasteiger partial charge is 0.444 e. The molecular weight excluding hydrogens is 284 g/mol. The van der Waals surface area contributed by atoms with E-state index in [1.54, 1.807) is 0 Å². The van der Waals surface area contributed by atoms with Crippen LogP contribution in [-0.4, -0.2) is 40.9 Å². The van der Waals surface area contributed by atoms with Crippen molar-refractivity contribution >= 4 is 12.0 Å². The summed E-state index contributed by atoms with van der Waals surface area (Å²) in [6.45, 7) is 7.29. The summed E-state index contributed by atoms with van der Waals surface area (Å²) in [4.78, 5) is 23.5. The zero-order chi connectivity index (χ0) is 16.8. The predicted octanol–water partition coefficient (Wildman–Crippen LogP) is 2.10. The fourth-order valence-corrected chi connectivity index (χ4v) is 2.45. The molecule has 1 aliphatic carbocycles. The van der Waals surface area contributed by atoms with Crippen molar-refractivity contribution in [3.63, 3.8) is 0 Å². The summed E-state index contributed by atoms with van der Waals surface area (Å²) in [5.41, 5.74) is -0.521. The molecule has 1 atom stereocenters. The van der Waals surface area contributed by atoms with Crippen molar-refractivity contribution < 1.29 is 19.4 Å². The molecule has 1 saturated carbocycles. The van der Waals surface area contributed by atoms with E-state index in [4.69, 9.17) is 4.74 Å². The van der Waals surface area contributed by atoms with Gasteiger partial charge in [0.25, 0.3) is 0 Å². The number of aliphatic hydroxyl groups is 1. The van der Waals surface area contributed by atoms with Crippen LogP contribution in [0, 0.1) is 0 Å². The van der Waals surface area contributed by atoms with Crippen molar-refractivity contribution in [2.45, 2.75) is 90.0 Å². The zero-order valence-electron chi connectivity index (χ0n) is 14.1. The number of hydrogen-bond donors (Lipinski definition) is 3.